The van der Waals surface area contributed by atoms with Gasteiger partial charge in [-0.1, -0.05) is 25.1 Å². The Hall–Kier alpha value is -2.62. The molecule has 1 heterocycles. The van der Waals surface area contributed by atoms with Crippen LogP contribution >= 0.6 is 0 Å². The van der Waals surface area contributed by atoms with Crippen LogP contribution in [0.2, 0.25) is 0 Å². The average Bonchev–Trinajstić information content (AvgIpc) is 2.99. The number of fused-ring (bicyclic) bond motifs is 1. The molecular weight excluding hydrogens is 298 g/mol. The molecule has 0 saturated heterocycles. The zero-order valence-electron chi connectivity index (χ0n) is 14.4. The molecule has 4 nitrogen and oxygen atoms in total. The highest BCUT2D eigenvalue weighted by molar-refractivity contribution is 6.01. The number of carbonyl (C=O) groups is 1. The van der Waals surface area contributed by atoms with E-state index in [1.165, 1.54) is 0 Å². The Morgan fingerprint density at radius 3 is 2.79 bits per heavy atom. The van der Waals surface area contributed by atoms with Gasteiger partial charge in [0.1, 0.15) is 5.82 Å². The smallest absolute Gasteiger partial charge is 0.167 e. The van der Waals surface area contributed by atoms with E-state index in [4.69, 9.17) is 0 Å². The van der Waals surface area contributed by atoms with Gasteiger partial charge < -0.3 is 10.3 Å². The van der Waals surface area contributed by atoms with Gasteiger partial charge in [0.25, 0.3) is 0 Å². The molecule has 0 aliphatic rings. The molecule has 0 bridgehead atoms. The fourth-order valence-corrected chi connectivity index (χ4v) is 3.05. The SMILES string of the molecule is CCCc1nc2c(C)cc(C(=O)Cc3ccccc3NC)cc2[nH]1. The summed E-state index contributed by atoms with van der Waals surface area (Å²) in [6.07, 6.45) is 2.36. The number of nitrogens with one attached hydrogen (secondary N) is 2. The minimum atomic E-state index is 0.120. The summed E-state index contributed by atoms with van der Waals surface area (Å²) in [6.45, 7) is 4.14. The highest BCUT2D eigenvalue weighted by atomic mass is 16.1. The third-order valence-electron chi connectivity index (χ3n) is 4.27. The number of hydrogen-bond donors (Lipinski definition) is 2. The third-order valence-corrected chi connectivity index (χ3v) is 4.27. The van der Waals surface area contributed by atoms with Crippen molar-refractivity contribution < 1.29 is 4.79 Å². The van der Waals surface area contributed by atoms with Crippen LogP contribution in [0.25, 0.3) is 11.0 Å². The number of anilines is 1. The zero-order chi connectivity index (χ0) is 17.1. The molecule has 0 amide bonds. The molecule has 0 fully saturated rings. The molecule has 1 aromatic heterocycles. The number of nitrogens with zero attached hydrogens (tertiary/aromatic N) is 1. The van der Waals surface area contributed by atoms with Gasteiger partial charge in [-0.15, -0.1) is 0 Å². The van der Waals surface area contributed by atoms with Crippen molar-refractivity contribution in [3.8, 4) is 0 Å². The zero-order valence-corrected chi connectivity index (χ0v) is 14.4. The molecule has 0 saturated carbocycles. The van der Waals surface area contributed by atoms with Crippen LogP contribution < -0.4 is 5.32 Å². The van der Waals surface area contributed by atoms with Crippen molar-refractivity contribution >= 4 is 22.5 Å². The quantitative estimate of drug-likeness (QED) is 0.666. The standard InChI is InChI=1S/C20H23N3O/c1-4-7-19-22-17-11-15(10-13(2)20(17)23-19)18(24)12-14-8-5-6-9-16(14)21-3/h5-6,8-11,21H,4,7,12H2,1-3H3,(H,22,23). The van der Waals surface area contributed by atoms with E-state index in [9.17, 15) is 4.79 Å². The predicted octanol–water partition coefficient (Wildman–Crippen LogP) is 4.29. The second-order valence-electron chi connectivity index (χ2n) is 6.13. The molecule has 2 aromatic carbocycles. The Kier molecular flexibility index (Phi) is 4.65. The van der Waals surface area contributed by atoms with Crippen LogP contribution in [0, 0.1) is 6.92 Å². The lowest BCUT2D eigenvalue weighted by Crippen LogP contribution is -2.06. The number of carbonyl (C=O) groups excluding carboxylic acids is 1. The fraction of sp³-hybridized carbons (Fsp3) is 0.300. The van der Waals surface area contributed by atoms with Crippen LogP contribution in [0.1, 0.15) is 40.7 Å². The number of benzene rings is 2. The molecular formula is C20H23N3O. The second kappa shape index (κ2) is 6.87. The summed E-state index contributed by atoms with van der Waals surface area (Å²) in [5.41, 5.74) is 5.69. The van der Waals surface area contributed by atoms with E-state index < -0.39 is 0 Å². The minimum Gasteiger partial charge on any atom is -0.388 e. The molecule has 124 valence electrons. The van der Waals surface area contributed by atoms with Gasteiger partial charge in [0.15, 0.2) is 5.78 Å². The summed E-state index contributed by atoms with van der Waals surface area (Å²) in [7, 11) is 1.87. The first-order valence-corrected chi connectivity index (χ1v) is 8.40. The van der Waals surface area contributed by atoms with Crippen molar-refractivity contribution in [1.29, 1.82) is 0 Å². The van der Waals surface area contributed by atoms with Gasteiger partial charge in [0.2, 0.25) is 0 Å². The molecule has 0 aliphatic heterocycles. The van der Waals surface area contributed by atoms with Crippen molar-refractivity contribution in [2.24, 2.45) is 0 Å². The van der Waals surface area contributed by atoms with Crippen molar-refractivity contribution in [3.05, 3.63) is 58.9 Å². The Balaban J connectivity index is 1.92. The van der Waals surface area contributed by atoms with Gasteiger partial charge in [-0.3, -0.25) is 4.79 Å². The summed E-state index contributed by atoms with van der Waals surface area (Å²) < 4.78 is 0. The first kappa shape index (κ1) is 16.2. The predicted molar refractivity (Wildman–Crippen MR) is 98.8 cm³/mol. The molecule has 2 N–H and O–H groups in total. The van der Waals surface area contributed by atoms with Gasteiger partial charge in [0.05, 0.1) is 11.0 Å². The monoisotopic (exact) mass is 321 g/mol. The lowest BCUT2D eigenvalue weighted by atomic mass is 9.99. The van der Waals surface area contributed by atoms with Gasteiger partial charge in [-0.05, 0) is 42.7 Å². The summed E-state index contributed by atoms with van der Waals surface area (Å²) in [5, 5.41) is 3.14. The number of aryl methyl sites for hydroxylation is 2. The number of para-hydroxylation sites is 1. The van der Waals surface area contributed by atoms with Crippen LogP contribution in [-0.4, -0.2) is 22.8 Å². The van der Waals surface area contributed by atoms with Gasteiger partial charge >= 0.3 is 0 Å². The second-order valence-corrected chi connectivity index (χ2v) is 6.13. The fourth-order valence-electron chi connectivity index (χ4n) is 3.05. The molecule has 0 atom stereocenters. The highest BCUT2D eigenvalue weighted by Crippen LogP contribution is 2.22. The van der Waals surface area contributed by atoms with Crippen molar-refractivity contribution in [3.63, 3.8) is 0 Å². The Morgan fingerprint density at radius 2 is 2.04 bits per heavy atom. The number of aromatic nitrogens is 2. The maximum absolute atomic E-state index is 12.7. The molecule has 4 heteroatoms. The van der Waals surface area contributed by atoms with Crippen LogP contribution in [0.4, 0.5) is 5.69 Å². The number of imidazole rings is 1. The molecule has 3 aromatic rings. The largest absolute Gasteiger partial charge is 0.388 e. The highest BCUT2D eigenvalue weighted by Gasteiger charge is 2.13. The molecule has 0 unspecified atom stereocenters. The van der Waals surface area contributed by atoms with Gasteiger partial charge in [0, 0.05) is 31.1 Å². The van der Waals surface area contributed by atoms with Crippen LogP contribution in [-0.2, 0) is 12.8 Å². The van der Waals surface area contributed by atoms with E-state index in [1.807, 2.05) is 50.4 Å². The van der Waals surface area contributed by atoms with E-state index >= 15 is 0 Å². The van der Waals surface area contributed by atoms with Crippen molar-refractivity contribution in [2.75, 3.05) is 12.4 Å². The first-order chi connectivity index (χ1) is 11.6. The van der Waals surface area contributed by atoms with Crippen molar-refractivity contribution in [2.45, 2.75) is 33.1 Å². The summed E-state index contributed by atoms with van der Waals surface area (Å²) in [5.74, 6) is 1.11. The molecule has 3 rings (SSSR count). The lowest BCUT2D eigenvalue weighted by Gasteiger charge is -2.08. The molecule has 0 spiro atoms. The summed E-state index contributed by atoms with van der Waals surface area (Å²) in [4.78, 5) is 20.7. The van der Waals surface area contributed by atoms with Gasteiger partial charge in [-0.25, -0.2) is 4.98 Å². The van der Waals surface area contributed by atoms with E-state index in [0.717, 1.165) is 52.1 Å². The minimum absolute atomic E-state index is 0.120. The maximum Gasteiger partial charge on any atom is 0.167 e. The first-order valence-electron chi connectivity index (χ1n) is 8.40. The van der Waals surface area contributed by atoms with Crippen LogP contribution in [0.15, 0.2) is 36.4 Å². The number of Topliss-reactive ketones (excluding diaryl/α,β-unsaturated/α-hetero) is 1. The third kappa shape index (κ3) is 3.18. The van der Waals surface area contributed by atoms with E-state index in [-0.39, 0.29) is 5.78 Å². The van der Waals surface area contributed by atoms with Crippen molar-refractivity contribution in [1.82, 2.24) is 9.97 Å². The van der Waals surface area contributed by atoms with Crippen LogP contribution in [0.5, 0.6) is 0 Å². The van der Waals surface area contributed by atoms with E-state index in [1.54, 1.807) is 0 Å². The Labute approximate surface area is 142 Å². The summed E-state index contributed by atoms with van der Waals surface area (Å²) >= 11 is 0. The number of H-pyrrole nitrogens is 1. The Morgan fingerprint density at radius 1 is 1.25 bits per heavy atom. The number of rotatable bonds is 6. The normalized spacial score (nSPS) is 11.0. The number of ketones is 1. The van der Waals surface area contributed by atoms with E-state index in [0.29, 0.717) is 6.42 Å². The topological polar surface area (TPSA) is 57.8 Å². The molecule has 0 aliphatic carbocycles. The maximum atomic E-state index is 12.7. The number of aromatic amines is 1. The number of hydrogen-bond acceptors (Lipinski definition) is 3. The van der Waals surface area contributed by atoms with Crippen LogP contribution in [0.3, 0.4) is 0 Å². The lowest BCUT2D eigenvalue weighted by molar-refractivity contribution is 0.0993. The average molecular weight is 321 g/mol. The summed E-state index contributed by atoms with van der Waals surface area (Å²) in [6, 6.07) is 11.8. The van der Waals surface area contributed by atoms with Gasteiger partial charge in [-0.2, -0.15) is 0 Å². The Bertz CT molecular complexity index is 880. The molecule has 24 heavy (non-hydrogen) atoms. The van der Waals surface area contributed by atoms with E-state index in [2.05, 4.69) is 22.2 Å². The molecule has 0 radical (unpaired) electrons.